The summed E-state index contributed by atoms with van der Waals surface area (Å²) in [6, 6.07) is 13.4. The van der Waals surface area contributed by atoms with Crippen molar-refractivity contribution in [1.29, 1.82) is 0 Å². The summed E-state index contributed by atoms with van der Waals surface area (Å²) >= 11 is 0. The van der Waals surface area contributed by atoms with Crippen molar-refractivity contribution in [3.8, 4) is 0 Å². The van der Waals surface area contributed by atoms with Gasteiger partial charge in [-0.1, -0.05) is 12.1 Å². The lowest BCUT2D eigenvalue weighted by atomic mass is 10.1. The fourth-order valence-electron chi connectivity index (χ4n) is 3.37. The average molecular weight is 430 g/mol. The second kappa shape index (κ2) is 8.97. The first-order valence-corrected chi connectivity index (χ1v) is 11.4. The van der Waals surface area contributed by atoms with Crippen LogP contribution in [0.15, 0.2) is 53.4 Å². The van der Waals surface area contributed by atoms with Crippen molar-refractivity contribution in [2.75, 3.05) is 44.7 Å². The molecule has 2 aromatic rings. The van der Waals surface area contributed by atoms with Crippen LogP contribution in [0.2, 0.25) is 0 Å². The second-order valence-corrected chi connectivity index (χ2v) is 9.28. The number of hydrogen-bond acceptors (Lipinski definition) is 5. The molecular formula is C22H27N3O4S. The largest absolute Gasteiger partial charge is 0.375 e. The number of anilines is 1. The van der Waals surface area contributed by atoms with Crippen molar-refractivity contribution in [2.45, 2.75) is 18.7 Å². The van der Waals surface area contributed by atoms with Crippen molar-refractivity contribution in [2.24, 2.45) is 0 Å². The van der Waals surface area contributed by atoms with Crippen LogP contribution in [0.25, 0.3) is 0 Å². The van der Waals surface area contributed by atoms with Crippen molar-refractivity contribution in [3.63, 3.8) is 0 Å². The molecule has 0 aromatic heterocycles. The van der Waals surface area contributed by atoms with Gasteiger partial charge in [0.15, 0.2) is 5.78 Å². The first-order chi connectivity index (χ1) is 14.2. The number of carbonyl (C=O) groups is 2. The third-order valence-corrected chi connectivity index (χ3v) is 7.37. The predicted molar refractivity (Wildman–Crippen MR) is 116 cm³/mol. The number of nitrogens with zero attached hydrogens (tertiary/aromatic N) is 3. The van der Waals surface area contributed by atoms with E-state index in [1.807, 2.05) is 31.3 Å². The summed E-state index contributed by atoms with van der Waals surface area (Å²) in [4.78, 5) is 28.1. The minimum atomic E-state index is -3.66. The van der Waals surface area contributed by atoms with Gasteiger partial charge in [0.1, 0.15) is 0 Å². The van der Waals surface area contributed by atoms with Crippen molar-refractivity contribution in [3.05, 3.63) is 59.7 Å². The number of piperazine rings is 1. The van der Waals surface area contributed by atoms with Crippen LogP contribution in [0.4, 0.5) is 5.69 Å². The molecule has 0 unspecified atom stereocenters. The zero-order valence-electron chi connectivity index (χ0n) is 17.5. The maximum absolute atomic E-state index is 12.9. The Kier molecular flexibility index (Phi) is 6.58. The molecule has 8 heteroatoms. The van der Waals surface area contributed by atoms with Crippen molar-refractivity contribution >= 4 is 27.4 Å². The van der Waals surface area contributed by atoms with E-state index in [0.29, 0.717) is 24.2 Å². The Balaban J connectivity index is 1.65. The van der Waals surface area contributed by atoms with E-state index in [1.54, 1.807) is 4.90 Å². The number of ketones is 1. The summed E-state index contributed by atoms with van der Waals surface area (Å²) in [5.41, 5.74) is 2.11. The van der Waals surface area contributed by atoms with Crippen LogP contribution in [0.5, 0.6) is 0 Å². The average Bonchev–Trinajstić information content (AvgIpc) is 2.78. The smallest absolute Gasteiger partial charge is 0.253 e. The molecule has 1 aliphatic heterocycles. The summed E-state index contributed by atoms with van der Waals surface area (Å²) in [5.74, 6) is -0.205. The van der Waals surface area contributed by atoms with Gasteiger partial charge >= 0.3 is 0 Å². The van der Waals surface area contributed by atoms with Crippen molar-refractivity contribution in [1.82, 2.24) is 9.21 Å². The van der Waals surface area contributed by atoms with E-state index in [4.69, 9.17) is 0 Å². The van der Waals surface area contributed by atoms with E-state index in [-0.39, 0.29) is 29.7 Å². The molecule has 0 N–H and O–H groups in total. The van der Waals surface area contributed by atoms with Crippen LogP contribution in [-0.4, -0.2) is 69.1 Å². The summed E-state index contributed by atoms with van der Waals surface area (Å²) in [6.07, 6.45) is 0. The van der Waals surface area contributed by atoms with E-state index < -0.39 is 10.0 Å². The van der Waals surface area contributed by atoms with Crippen LogP contribution in [0, 0.1) is 0 Å². The Morgan fingerprint density at radius 2 is 1.43 bits per heavy atom. The molecule has 3 rings (SSSR count). The van der Waals surface area contributed by atoms with E-state index in [0.717, 1.165) is 12.2 Å². The van der Waals surface area contributed by atoms with Crippen LogP contribution in [-0.2, 0) is 10.0 Å². The molecule has 0 aliphatic carbocycles. The molecule has 0 bridgehead atoms. The Morgan fingerprint density at radius 3 is 1.93 bits per heavy atom. The summed E-state index contributed by atoms with van der Waals surface area (Å²) in [7, 11) is -1.67. The van der Waals surface area contributed by atoms with Gasteiger partial charge in [-0.2, -0.15) is 4.31 Å². The molecule has 7 nitrogen and oxygen atoms in total. The van der Waals surface area contributed by atoms with Gasteiger partial charge in [0.25, 0.3) is 5.91 Å². The quantitative estimate of drug-likeness (QED) is 0.660. The van der Waals surface area contributed by atoms with Gasteiger partial charge in [-0.15, -0.1) is 0 Å². The SMILES string of the molecule is CCN(C)c1ccc(C(=O)N2CCN(S(=O)(=O)c3ccc(C(C)=O)cc3)CC2)cc1. The molecule has 0 saturated carbocycles. The number of rotatable bonds is 6. The molecule has 160 valence electrons. The monoisotopic (exact) mass is 429 g/mol. The summed E-state index contributed by atoms with van der Waals surface area (Å²) in [5, 5.41) is 0. The number of carbonyl (C=O) groups excluding carboxylic acids is 2. The maximum atomic E-state index is 12.9. The lowest BCUT2D eigenvalue weighted by molar-refractivity contribution is 0.0698. The lowest BCUT2D eigenvalue weighted by Crippen LogP contribution is -2.50. The van der Waals surface area contributed by atoms with Gasteiger partial charge in [0.2, 0.25) is 10.0 Å². The van der Waals surface area contributed by atoms with Crippen LogP contribution < -0.4 is 4.90 Å². The molecule has 30 heavy (non-hydrogen) atoms. The zero-order chi connectivity index (χ0) is 21.9. The van der Waals surface area contributed by atoms with Crippen LogP contribution >= 0.6 is 0 Å². The van der Waals surface area contributed by atoms with Gasteiger partial charge < -0.3 is 9.80 Å². The zero-order valence-corrected chi connectivity index (χ0v) is 18.4. The van der Waals surface area contributed by atoms with E-state index in [1.165, 1.54) is 35.5 Å². The number of hydrogen-bond donors (Lipinski definition) is 0. The van der Waals surface area contributed by atoms with Crippen LogP contribution in [0.3, 0.4) is 0 Å². The molecule has 0 spiro atoms. The highest BCUT2D eigenvalue weighted by molar-refractivity contribution is 7.89. The molecule has 0 atom stereocenters. The Hall–Kier alpha value is -2.71. The van der Waals surface area contributed by atoms with E-state index in [9.17, 15) is 18.0 Å². The lowest BCUT2D eigenvalue weighted by Gasteiger charge is -2.34. The number of sulfonamides is 1. The Bertz CT molecular complexity index is 1010. The molecule has 1 heterocycles. The third kappa shape index (κ3) is 4.55. The predicted octanol–water partition coefficient (Wildman–Crippen LogP) is 2.49. The fraction of sp³-hybridized carbons (Fsp3) is 0.364. The van der Waals surface area contributed by atoms with Crippen LogP contribution in [0.1, 0.15) is 34.6 Å². The van der Waals surface area contributed by atoms with E-state index in [2.05, 4.69) is 11.8 Å². The van der Waals surface area contributed by atoms with Gasteiger partial charge in [-0.05, 0) is 50.2 Å². The normalized spacial score (nSPS) is 15.1. The Morgan fingerprint density at radius 1 is 0.900 bits per heavy atom. The standard InChI is InChI=1S/C22H27N3O4S/c1-4-23(3)20-9-5-19(6-10-20)22(27)24-13-15-25(16-14-24)30(28,29)21-11-7-18(8-12-21)17(2)26/h5-12H,4,13-16H2,1-3H3. The minimum Gasteiger partial charge on any atom is -0.375 e. The topological polar surface area (TPSA) is 78.0 Å². The van der Waals surface area contributed by atoms with Crippen molar-refractivity contribution < 1.29 is 18.0 Å². The molecule has 1 aliphatic rings. The molecule has 1 saturated heterocycles. The maximum Gasteiger partial charge on any atom is 0.253 e. The molecule has 1 amide bonds. The summed E-state index contributed by atoms with van der Waals surface area (Å²) in [6.45, 7) is 5.51. The van der Waals surface area contributed by atoms with E-state index >= 15 is 0 Å². The molecule has 0 radical (unpaired) electrons. The number of amides is 1. The van der Waals surface area contributed by atoms with Gasteiger partial charge in [0.05, 0.1) is 4.90 Å². The minimum absolute atomic E-state index is 0.0939. The molecule has 2 aromatic carbocycles. The fourth-order valence-corrected chi connectivity index (χ4v) is 4.79. The highest BCUT2D eigenvalue weighted by atomic mass is 32.2. The third-order valence-electron chi connectivity index (χ3n) is 5.45. The second-order valence-electron chi connectivity index (χ2n) is 7.34. The first-order valence-electron chi connectivity index (χ1n) is 9.95. The molecule has 1 fully saturated rings. The number of Topliss-reactive ketones (excluding diaryl/α,β-unsaturated/α-hetero) is 1. The summed E-state index contributed by atoms with van der Waals surface area (Å²) < 4.78 is 27.1. The molecular weight excluding hydrogens is 402 g/mol. The number of benzene rings is 2. The van der Waals surface area contributed by atoms with Gasteiger partial charge in [-0.25, -0.2) is 8.42 Å². The first kappa shape index (κ1) is 22.0. The van der Waals surface area contributed by atoms with Gasteiger partial charge in [-0.3, -0.25) is 9.59 Å². The highest BCUT2D eigenvalue weighted by Crippen LogP contribution is 2.20. The highest BCUT2D eigenvalue weighted by Gasteiger charge is 2.30. The van der Waals surface area contributed by atoms with Gasteiger partial charge in [0, 0.05) is 56.6 Å². The Labute approximate surface area is 177 Å².